The largest absolute Gasteiger partial charge is 0.356 e. The summed E-state index contributed by atoms with van der Waals surface area (Å²) in [6.07, 6.45) is 6.72. The Hall–Kier alpha value is -1.60. The Balaban J connectivity index is 1.89. The van der Waals surface area contributed by atoms with Gasteiger partial charge in [-0.15, -0.1) is 0 Å². The number of carbonyl (C=O) groups is 2. The van der Waals surface area contributed by atoms with Crippen LogP contribution in [0.3, 0.4) is 0 Å². The maximum Gasteiger partial charge on any atom is 0.237 e. The Morgan fingerprint density at radius 2 is 2.43 bits per heavy atom. The summed E-state index contributed by atoms with van der Waals surface area (Å²) in [5.41, 5.74) is 1.05. The number of rotatable bonds is 8. The number of nitrogens with one attached hydrogen (secondary N) is 2. The Morgan fingerprint density at radius 1 is 1.57 bits per heavy atom. The Labute approximate surface area is 141 Å². The number of nitrogens with zero attached hydrogens (tertiary/aromatic N) is 2. The zero-order chi connectivity index (χ0) is 16.5. The third-order valence-electron chi connectivity index (χ3n) is 3.78. The van der Waals surface area contributed by atoms with Gasteiger partial charge in [-0.05, 0) is 30.1 Å². The van der Waals surface area contributed by atoms with Crippen LogP contribution in [-0.2, 0) is 16.1 Å². The first-order chi connectivity index (χ1) is 11.2. The number of hydrogen-bond donors (Lipinski definition) is 2. The summed E-state index contributed by atoms with van der Waals surface area (Å²) >= 11 is 1.76. The molecule has 1 atom stereocenters. The first-order valence-corrected chi connectivity index (χ1v) is 9.26. The third-order valence-corrected chi connectivity index (χ3v) is 4.47. The first kappa shape index (κ1) is 17.7. The van der Waals surface area contributed by atoms with E-state index < -0.39 is 6.04 Å². The van der Waals surface area contributed by atoms with Gasteiger partial charge in [0.05, 0.1) is 12.5 Å². The van der Waals surface area contributed by atoms with Crippen molar-refractivity contribution in [2.45, 2.75) is 25.4 Å². The summed E-state index contributed by atoms with van der Waals surface area (Å²) in [4.78, 5) is 30.4. The molecule has 23 heavy (non-hydrogen) atoms. The number of thioether (sulfide) groups is 1. The minimum Gasteiger partial charge on any atom is -0.356 e. The molecule has 1 saturated heterocycles. The number of aromatic nitrogens is 1. The molecule has 0 saturated carbocycles. The monoisotopic (exact) mass is 336 g/mol. The quantitative estimate of drug-likeness (QED) is 0.682. The van der Waals surface area contributed by atoms with Crippen molar-refractivity contribution in [2.75, 3.05) is 31.6 Å². The second-order valence-electron chi connectivity index (χ2n) is 5.54. The van der Waals surface area contributed by atoms with E-state index in [1.165, 1.54) is 0 Å². The number of piperazine rings is 1. The van der Waals surface area contributed by atoms with Crippen LogP contribution in [0.1, 0.15) is 18.4 Å². The van der Waals surface area contributed by atoms with Crippen LogP contribution in [0, 0.1) is 0 Å². The van der Waals surface area contributed by atoms with Crippen molar-refractivity contribution in [2.24, 2.45) is 0 Å². The molecule has 7 heteroatoms. The van der Waals surface area contributed by atoms with E-state index >= 15 is 0 Å². The maximum absolute atomic E-state index is 12.2. The van der Waals surface area contributed by atoms with E-state index in [0.717, 1.165) is 24.3 Å². The predicted octanol–water partition coefficient (Wildman–Crippen LogP) is 0.641. The van der Waals surface area contributed by atoms with Crippen molar-refractivity contribution >= 4 is 23.6 Å². The average Bonchev–Trinajstić information content (AvgIpc) is 2.56. The minimum atomic E-state index is -0.412. The Kier molecular flexibility index (Phi) is 7.35. The molecule has 1 aliphatic rings. The molecule has 1 unspecified atom stereocenters. The van der Waals surface area contributed by atoms with Crippen molar-refractivity contribution in [1.29, 1.82) is 0 Å². The van der Waals surface area contributed by atoms with Gasteiger partial charge in [0.1, 0.15) is 0 Å². The zero-order valence-electron chi connectivity index (χ0n) is 13.5. The van der Waals surface area contributed by atoms with E-state index in [-0.39, 0.29) is 18.2 Å². The molecule has 1 aliphatic heterocycles. The lowest BCUT2D eigenvalue weighted by atomic mass is 10.1. The van der Waals surface area contributed by atoms with Crippen molar-refractivity contribution in [3.63, 3.8) is 0 Å². The molecular weight excluding hydrogens is 312 g/mol. The lowest BCUT2D eigenvalue weighted by Gasteiger charge is -2.34. The van der Waals surface area contributed by atoms with Gasteiger partial charge in [-0.25, -0.2) is 0 Å². The first-order valence-electron chi connectivity index (χ1n) is 7.87. The second-order valence-corrected chi connectivity index (χ2v) is 6.52. The molecule has 1 fully saturated rings. The third kappa shape index (κ3) is 5.84. The molecule has 2 N–H and O–H groups in total. The van der Waals surface area contributed by atoms with Crippen molar-refractivity contribution in [1.82, 2.24) is 20.5 Å². The van der Waals surface area contributed by atoms with Crippen molar-refractivity contribution in [3.8, 4) is 0 Å². The van der Waals surface area contributed by atoms with Gasteiger partial charge in [-0.2, -0.15) is 11.8 Å². The smallest absolute Gasteiger partial charge is 0.237 e. The van der Waals surface area contributed by atoms with E-state index in [1.807, 2.05) is 18.4 Å². The summed E-state index contributed by atoms with van der Waals surface area (Å²) in [6.45, 7) is 2.65. The normalized spacial score (nSPS) is 18.5. The van der Waals surface area contributed by atoms with Gasteiger partial charge >= 0.3 is 0 Å². The second kappa shape index (κ2) is 9.52. The standard InChI is InChI=1S/C16H24N4O2S/c1-23-9-3-6-18-15(21)10-14-16(22)19-7-8-20(14)12-13-4-2-5-17-11-13/h2,4-5,11,14H,3,6-10,12H2,1H3,(H,18,21)(H,19,22). The molecule has 0 radical (unpaired) electrons. The van der Waals surface area contributed by atoms with Gasteiger partial charge in [0.25, 0.3) is 0 Å². The fraction of sp³-hybridized carbons (Fsp3) is 0.562. The summed E-state index contributed by atoms with van der Waals surface area (Å²) in [5, 5.41) is 5.75. The zero-order valence-corrected chi connectivity index (χ0v) is 14.3. The highest BCUT2D eigenvalue weighted by molar-refractivity contribution is 7.98. The molecular formula is C16H24N4O2S. The lowest BCUT2D eigenvalue weighted by Crippen LogP contribution is -2.56. The van der Waals surface area contributed by atoms with Gasteiger partial charge in [-0.1, -0.05) is 6.07 Å². The molecule has 6 nitrogen and oxygen atoms in total. The van der Waals surface area contributed by atoms with Crippen LogP contribution in [0.4, 0.5) is 0 Å². The van der Waals surface area contributed by atoms with Gasteiger partial charge in [-0.3, -0.25) is 19.5 Å². The van der Waals surface area contributed by atoms with Crippen LogP contribution in [0.2, 0.25) is 0 Å². The van der Waals surface area contributed by atoms with Crippen LogP contribution < -0.4 is 10.6 Å². The lowest BCUT2D eigenvalue weighted by molar-refractivity contribution is -0.134. The number of carbonyl (C=O) groups excluding carboxylic acids is 2. The van der Waals surface area contributed by atoms with E-state index in [4.69, 9.17) is 0 Å². The van der Waals surface area contributed by atoms with E-state index in [9.17, 15) is 9.59 Å². The van der Waals surface area contributed by atoms with Gasteiger partial charge in [0.15, 0.2) is 0 Å². The number of amides is 2. The molecule has 0 spiro atoms. The van der Waals surface area contributed by atoms with Crippen molar-refractivity contribution in [3.05, 3.63) is 30.1 Å². The molecule has 0 bridgehead atoms. The number of hydrogen-bond acceptors (Lipinski definition) is 5. The van der Waals surface area contributed by atoms with Gasteiger partial charge < -0.3 is 10.6 Å². The van der Waals surface area contributed by atoms with Gasteiger partial charge in [0.2, 0.25) is 11.8 Å². The average molecular weight is 336 g/mol. The Bertz CT molecular complexity index is 512. The summed E-state index contributed by atoms with van der Waals surface area (Å²) in [5.74, 6) is 0.890. The predicted molar refractivity (Wildman–Crippen MR) is 92.1 cm³/mol. The van der Waals surface area contributed by atoms with Gasteiger partial charge in [0, 0.05) is 38.6 Å². The molecule has 2 rings (SSSR count). The van der Waals surface area contributed by atoms with Crippen LogP contribution >= 0.6 is 11.8 Å². The molecule has 1 aromatic heterocycles. The van der Waals surface area contributed by atoms with Crippen LogP contribution in [0.15, 0.2) is 24.5 Å². The van der Waals surface area contributed by atoms with Crippen LogP contribution in [0.5, 0.6) is 0 Å². The molecule has 1 aromatic rings. The summed E-state index contributed by atoms with van der Waals surface area (Å²) < 4.78 is 0. The molecule has 0 aliphatic carbocycles. The topological polar surface area (TPSA) is 74.3 Å². The maximum atomic E-state index is 12.2. The molecule has 2 amide bonds. The number of pyridine rings is 1. The summed E-state index contributed by atoms with van der Waals surface area (Å²) in [7, 11) is 0. The van der Waals surface area contributed by atoms with E-state index in [2.05, 4.69) is 20.5 Å². The molecule has 0 aromatic carbocycles. The highest BCUT2D eigenvalue weighted by atomic mass is 32.2. The fourth-order valence-electron chi connectivity index (χ4n) is 2.59. The van der Waals surface area contributed by atoms with E-state index in [1.54, 1.807) is 24.2 Å². The highest BCUT2D eigenvalue weighted by Crippen LogP contribution is 2.13. The minimum absolute atomic E-state index is 0.0654. The van der Waals surface area contributed by atoms with Crippen LogP contribution in [0.25, 0.3) is 0 Å². The summed E-state index contributed by atoms with van der Waals surface area (Å²) in [6, 6.07) is 3.45. The highest BCUT2D eigenvalue weighted by Gasteiger charge is 2.31. The fourth-order valence-corrected chi connectivity index (χ4v) is 3.02. The van der Waals surface area contributed by atoms with Crippen molar-refractivity contribution < 1.29 is 9.59 Å². The molecule has 2 heterocycles. The van der Waals surface area contributed by atoms with E-state index in [0.29, 0.717) is 19.6 Å². The molecule has 126 valence electrons. The Morgan fingerprint density at radius 3 is 3.17 bits per heavy atom. The SMILES string of the molecule is CSCCCNC(=O)CC1C(=O)NCCN1Cc1cccnc1. The van der Waals surface area contributed by atoms with Crippen LogP contribution in [-0.4, -0.2) is 59.4 Å².